The number of rotatable bonds is 2. The summed E-state index contributed by atoms with van der Waals surface area (Å²) in [6, 6.07) is 10.1. The zero-order chi connectivity index (χ0) is 11.5. The second-order valence-corrected chi connectivity index (χ2v) is 3.44. The molecular weight excluding hydrogens is 210 g/mol. The van der Waals surface area contributed by atoms with Crippen LogP contribution in [-0.2, 0) is 6.61 Å². The van der Waals surface area contributed by atoms with Crippen LogP contribution in [0.15, 0.2) is 42.5 Å². The van der Waals surface area contributed by atoms with Gasteiger partial charge < -0.3 is 5.11 Å². The van der Waals surface area contributed by atoms with E-state index in [0.29, 0.717) is 11.1 Å². The molecule has 1 N–H and O–H groups in total. The van der Waals surface area contributed by atoms with Crippen molar-refractivity contribution in [3.63, 3.8) is 0 Å². The van der Waals surface area contributed by atoms with Crippen LogP contribution in [0, 0.1) is 11.6 Å². The van der Waals surface area contributed by atoms with Gasteiger partial charge in [0.1, 0.15) is 11.6 Å². The predicted molar refractivity (Wildman–Crippen MR) is 57.7 cm³/mol. The van der Waals surface area contributed by atoms with Crippen LogP contribution < -0.4 is 0 Å². The number of hydrogen-bond acceptors (Lipinski definition) is 1. The largest absolute Gasteiger partial charge is 0.392 e. The normalized spacial score (nSPS) is 10.4. The van der Waals surface area contributed by atoms with E-state index in [1.165, 1.54) is 30.3 Å². The van der Waals surface area contributed by atoms with Crippen LogP contribution in [0.25, 0.3) is 11.1 Å². The molecule has 0 aromatic heterocycles. The van der Waals surface area contributed by atoms with Crippen molar-refractivity contribution in [3.8, 4) is 11.1 Å². The second-order valence-electron chi connectivity index (χ2n) is 3.44. The van der Waals surface area contributed by atoms with E-state index >= 15 is 0 Å². The summed E-state index contributed by atoms with van der Waals surface area (Å²) in [7, 11) is 0. The number of aliphatic hydroxyl groups excluding tert-OH is 1. The van der Waals surface area contributed by atoms with Crippen LogP contribution in [0.2, 0.25) is 0 Å². The van der Waals surface area contributed by atoms with Gasteiger partial charge in [0.05, 0.1) is 6.61 Å². The summed E-state index contributed by atoms with van der Waals surface area (Å²) >= 11 is 0. The van der Waals surface area contributed by atoms with Crippen LogP contribution in [0.4, 0.5) is 8.78 Å². The van der Waals surface area contributed by atoms with Crippen molar-refractivity contribution in [2.24, 2.45) is 0 Å². The van der Waals surface area contributed by atoms with Gasteiger partial charge in [-0.2, -0.15) is 0 Å². The average molecular weight is 220 g/mol. The number of aliphatic hydroxyl groups is 1. The highest BCUT2D eigenvalue weighted by atomic mass is 19.1. The minimum Gasteiger partial charge on any atom is -0.392 e. The van der Waals surface area contributed by atoms with Crippen LogP contribution in [-0.4, -0.2) is 5.11 Å². The Morgan fingerprint density at radius 1 is 1.00 bits per heavy atom. The Hall–Kier alpha value is -1.74. The Balaban J connectivity index is 2.63. The van der Waals surface area contributed by atoms with Crippen molar-refractivity contribution in [1.29, 1.82) is 0 Å². The van der Waals surface area contributed by atoms with Gasteiger partial charge in [0.15, 0.2) is 0 Å². The average Bonchev–Trinajstić information content (AvgIpc) is 2.28. The van der Waals surface area contributed by atoms with Gasteiger partial charge in [-0.25, -0.2) is 8.78 Å². The van der Waals surface area contributed by atoms with Crippen molar-refractivity contribution < 1.29 is 13.9 Å². The summed E-state index contributed by atoms with van der Waals surface area (Å²) in [5, 5.41) is 9.11. The molecule has 0 aliphatic heterocycles. The molecule has 0 radical (unpaired) electrons. The van der Waals surface area contributed by atoms with Gasteiger partial charge in [-0.1, -0.05) is 24.3 Å². The van der Waals surface area contributed by atoms with E-state index in [-0.39, 0.29) is 12.2 Å². The maximum absolute atomic E-state index is 13.6. The highest BCUT2D eigenvalue weighted by Crippen LogP contribution is 2.27. The fourth-order valence-corrected chi connectivity index (χ4v) is 1.67. The summed E-state index contributed by atoms with van der Waals surface area (Å²) in [4.78, 5) is 0. The van der Waals surface area contributed by atoms with Gasteiger partial charge in [-0.15, -0.1) is 0 Å². The van der Waals surface area contributed by atoms with Crippen molar-refractivity contribution >= 4 is 0 Å². The summed E-state index contributed by atoms with van der Waals surface area (Å²) < 4.78 is 26.7. The molecule has 16 heavy (non-hydrogen) atoms. The maximum atomic E-state index is 13.6. The zero-order valence-corrected chi connectivity index (χ0v) is 8.45. The minimum atomic E-state index is -0.461. The van der Waals surface area contributed by atoms with Gasteiger partial charge in [-0.05, 0) is 29.3 Å². The van der Waals surface area contributed by atoms with Gasteiger partial charge in [-0.3, -0.25) is 0 Å². The fourth-order valence-electron chi connectivity index (χ4n) is 1.67. The molecule has 0 bridgehead atoms. The molecule has 0 aliphatic rings. The molecule has 3 heteroatoms. The Morgan fingerprint density at radius 2 is 1.75 bits per heavy atom. The van der Waals surface area contributed by atoms with Crippen LogP contribution in [0.3, 0.4) is 0 Å². The van der Waals surface area contributed by atoms with Crippen LogP contribution in [0.5, 0.6) is 0 Å². The third-order valence-electron chi connectivity index (χ3n) is 2.38. The Bertz CT molecular complexity index is 509. The van der Waals surface area contributed by atoms with Gasteiger partial charge >= 0.3 is 0 Å². The first-order valence-corrected chi connectivity index (χ1v) is 4.86. The van der Waals surface area contributed by atoms with Crippen LogP contribution in [0.1, 0.15) is 5.56 Å². The standard InChI is InChI=1S/C13H10F2O/c14-11-5-1-3-9(7-11)13-10(8-16)4-2-6-12(13)15/h1-7,16H,8H2. The van der Waals surface area contributed by atoms with Crippen molar-refractivity contribution in [1.82, 2.24) is 0 Å². The summed E-state index contributed by atoms with van der Waals surface area (Å²) in [6.45, 7) is -0.274. The molecule has 0 aliphatic carbocycles. The Labute approximate surface area is 92.0 Å². The molecule has 0 heterocycles. The van der Waals surface area contributed by atoms with E-state index in [2.05, 4.69) is 0 Å². The monoisotopic (exact) mass is 220 g/mol. The first-order valence-electron chi connectivity index (χ1n) is 4.86. The lowest BCUT2D eigenvalue weighted by atomic mass is 9.99. The molecule has 0 fully saturated rings. The first-order chi connectivity index (χ1) is 7.72. The molecule has 2 aromatic carbocycles. The molecule has 0 amide bonds. The molecule has 1 nitrogen and oxygen atoms in total. The van der Waals surface area contributed by atoms with E-state index < -0.39 is 11.6 Å². The smallest absolute Gasteiger partial charge is 0.131 e. The molecule has 2 rings (SSSR count). The molecule has 82 valence electrons. The topological polar surface area (TPSA) is 20.2 Å². The van der Waals surface area contributed by atoms with Crippen molar-refractivity contribution in [2.45, 2.75) is 6.61 Å². The fraction of sp³-hybridized carbons (Fsp3) is 0.0769. The molecule has 0 saturated carbocycles. The minimum absolute atomic E-state index is 0.254. The summed E-state index contributed by atoms with van der Waals surface area (Å²) in [5.41, 5.74) is 1.14. The summed E-state index contributed by atoms with van der Waals surface area (Å²) in [5.74, 6) is -0.887. The van der Waals surface area contributed by atoms with Crippen molar-refractivity contribution in [2.75, 3.05) is 0 Å². The molecule has 0 saturated heterocycles. The quantitative estimate of drug-likeness (QED) is 0.824. The highest BCUT2D eigenvalue weighted by molar-refractivity contribution is 5.67. The lowest BCUT2D eigenvalue weighted by molar-refractivity contribution is 0.282. The highest BCUT2D eigenvalue weighted by Gasteiger charge is 2.10. The first kappa shape index (κ1) is 10.8. The molecule has 0 spiro atoms. The van der Waals surface area contributed by atoms with E-state index in [1.54, 1.807) is 12.1 Å². The van der Waals surface area contributed by atoms with Crippen molar-refractivity contribution in [3.05, 3.63) is 59.7 Å². The molecule has 0 unspecified atom stereocenters. The van der Waals surface area contributed by atoms with E-state index in [1.807, 2.05) is 0 Å². The SMILES string of the molecule is OCc1cccc(F)c1-c1cccc(F)c1. The number of hydrogen-bond donors (Lipinski definition) is 1. The Morgan fingerprint density at radius 3 is 2.44 bits per heavy atom. The van der Waals surface area contributed by atoms with Gasteiger partial charge in [0.25, 0.3) is 0 Å². The second kappa shape index (κ2) is 4.41. The zero-order valence-electron chi connectivity index (χ0n) is 8.45. The summed E-state index contributed by atoms with van der Waals surface area (Å²) in [6.07, 6.45) is 0. The number of halogens is 2. The lowest BCUT2D eigenvalue weighted by Gasteiger charge is -2.08. The molecule has 0 atom stereocenters. The molecule has 2 aromatic rings. The maximum Gasteiger partial charge on any atom is 0.131 e. The lowest BCUT2D eigenvalue weighted by Crippen LogP contribution is -1.93. The predicted octanol–water partition coefficient (Wildman–Crippen LogP) is 3.12. The van der Waals surface area contributed by atoms with Crippen LogP contribution >= 0.6 is 0 Å². The third kappa shape index (κ3) is 1.95. The van der Waals surface area contributed by atoms with Gasteiger partial charge in [0.2, 0.25) is 0 Å². The number of benzene rings is 2. The van der Waals surface area contributed by atoms with Gasteiger partial charge in [0, 0.05) is 5.56 Å². The van der Waals surface area contributed by atoms with E-state index in [9.17, 15) is 8.78 Å². The van der Waals surface area contributed by atoms with E-state index in [0.717, 1.165) is 0 Å². The third-order valence-corrected chi connectivity index (χ3v) is 2.38. The molecular formula is C13H10F2O. The van der Waals surface area contributed by atoms with E-state index in [4.69, 9.17) is 5.11 Å². The Kier molecular flexibility index (Phi) is 2.97.